The lowest BCUT2D eigenvalue weighted by Crippen LogP contribution is -2.40. The van der Waals surface area contributed by atoms with Gasteiger partial charge in [0.05, 0.1) is 35.2 Å². The third-order valence-corrected chi connectivity index (χ3v) is 8.65. The third-order valence-electron chi connectivity index (χ3n) is 4.79. The minimum absolute atomic E-state index is 0.159. The maximum absolute atomic E-state index is 13.1. The molecule has 1 aliphatic heterocycles. The number of amides is 1. The molecule has 0 saturated carbocycles. The number of ether oxygens (including phenoxy) is 1. The molecule has 0 unspecified atom stereocenters. The predicted molar refractivity (Wildman–Crippen MR) is 124 cm³/mol. The fourth-order valence-corrected chi connectivity index (χ4v) is 6.25. The van der Waals surface area contributed by atoms with Gasteiger partial charge < -0.3 is 15.0 Å². The largest absolute Gasteiger partial charge is 0.379 e. The van der Waals surface area contributed by atoms with Crippen molar-refractivity contribution < 1.29 is 17.9 Å². The normalized spacial score (nSPS) is 15.1. The van der Waals surface area contributed by atoms with E-state index in [1.165, 1.54) is 27.4 Å². The summed E-state index contributed by atoms with van der Waals surface area (Å²) in [5.41, 5.74) is 1.27. The Balaban J connectivity index is 1.84. The first-order valence-corrected chi connectivity index (χ1v) is 13.3. The van der Waals surface area contributed by atoms with E-state index in [-0.39, 0.29) is 16.6 Å². The summed E-state index contributed by atoms with van der Waals surface area (Å²) in [5, 5.41) is 11.7. The number of rotatable bonds is 9. The molecule has 0 bridgehead atoms. The maximum atomic E-state index is 13.1. The van der Waals surface area contributed by atoms with Crippen LogP contribution >= 0.6 is 23.1 Å². The van der Waals surface area contributed by atoms with Crippen molar-refractivity contribution in [3.63, 3.8) is 0 Å². The van der Waals surface area contributed by atoms with Crippen LogP contribution in [-0.4, -0.2) is 74.0 Å². The lowest BCUT2D eigenvalue weighted by atomic mass is 10.2. The minimum atomic E-state index is -3.67. The zero-order valence-electron chi connectivity index (χ0n) is 17.8. The first kappa shape index (κ1) is 23.9. The van der Waals surface area contributed by atoms with Crippen LogP contribution in [0.2, 0.25) is 0 Å². The van der Waals surface area contributed by atoms with Crippen LogP contribution < -0.4 is 10.2 Å². The van der Waals surface area contributed by atoms with Crippen molar-refractivity contribution >= 4 is 50.4 Å². The molecule has 12 heteroatoms. The Hall–Kier alpha value is -1.73. The van der Waals surface area contributed by atoms with Gasteiger partial charge in [0.15, 0.2) is 4.34 Å². The lowest BCUT2D eigenvalue weighted by Gasteiger charge is -2.28. The van der Waals surface area contributed by atoms with E-state index < -0.39 is 10.0 Å². The summed E-state index contributed by atoms with van der Waals surface area (Å²) in [7, 11) is -3.67. The standard InChI is InChI=1S/C19H27N5O4S3/c1-4-23(5-2)17-7-6-15(31(26,27)24-8-10-28-11-9-24)12-16(17)20-18(25)13-29-19-22-21-14(3)30-19/h6-7,12H,4-5,8-11,13H2,1-3H3,(H,20,25). The maximum Gasteiger partial charge on any atom is 0.243 e. The Morgan fingerprint density at radius 2 is 1.97 bits per heavy atom. The van der Waals surface area contributed by atoms with Crippen molar-refractivity contribution in [2.24, 2.45) is 0 Å². The van der Waals surface area contributed by atoms with E-state index in [4.69, 9.17) is 4.74 Å². The van der Waals surface area contributed by atoms with Gasteiger partial charge in [-0.05, 0) is 39.0 Å². The molecule has 0 aliphatic carbocycles. The molecule has 3 rings (SSSR count). The number of nitrogens with zero attached hydrogens (tertiary/aromatic N) is 4. The smallest absolute Gasteiger partial charge is 0.243 e. The highest BCUT2D eigenvalue weighted by atomic mass is 32.2. The summed E-state index contributed by atoms with van der Waals surface area (Å²) in [6, 6.07) is 4.92. The number of benzene rings is 1. The highest BCUT2D eigenvalue weighted by Crippen LogP contribution is 2.31. The van der Waals surface area contributed by atoms with Crippen molar-refractivity contribution in [2.75, 3.05) is 55.4 Å². The Labute approximate surface area is 191 Å². The zero-order chi connectivity index (χ0) is 22.4. The van der Waals surface area contributed by atoms with Gasteiger partial charge in [-0.25, -0.2) is 8.42 Å². The first-order valence-electron chi connectivity index (χ1n) is 10.0. The molecule has 1 N–H and O–H groups in total. The van der Waals surface area contributed by atoms with Crippen LogP contribution in [0.1, 0.15) is 18.9 Å². The molecule has 1 aliphatic rings. The highest BCUT2D eigenvalue weighted by Gasteiger charge is 2.27. The molecule has 31 heavy (non-hydrogen) atoms. The number of hydrogen-bond donors (Lipinski definition) is 1. The molecule has 1 fully saturated rings. The average molecular weight is 486 g/mol. The molecule has 9 nitrogen and oxygen atoms in total. The molecular formula is C19H27N5O4S3. The molecule has 170 valence electrons. The minimum Gasteiger partial charge on any atom is -0.379 e. The van der Waals surface area contributed by atoms with Crippen molar-refractivity contribution in [3.8, 4) is 0 Å². The number of sulfonamides is 1. The molecule has 2 heterocycles. The second-order valence-electron chi connectivity index (χ2n) is 6.79. The van der Waals surface area contributed by atoms with Crippen LogP contribution in [0.25, 0.3) is 0 Å². The third kappa shape index (κ3) is 5.95. The van der Waals surface area contributed by atoms with Crippen LogP contribution in [-0.2, 0) is 19.6 Å². The number of anilines is 2. The molecule has 0 spiro atoms. The summed E-state index contributed by atoms with van der Waals surface area (Å²) in [4.78, 5) is 14.9. The second kappa shape index (κ2) is 10.7. The molecule has 0 atom stereocenters. The fraction of sp³-hybridized carbons (Fsp3) is 0.526. The Bertz CT molecular complexity index is 1000. The average Bonchev–Trinajstić information content (AvgIpc) is 3.19. The van der Waals surface area contributed by atoms with E-state index in [2.05, 4.69) is 20.4 Å². The van der Waals surface area contributed by atoms with E-state index >= 15 is 0 Å². The van der Waals surface area contributed by atoms with E-state index in [0.29, 0.717) is 32.0 Å². The summed E-state index contributed by atoms with van der Waals surface area (Å²) in [6.45, 7) is 8.74. The SMILES string of the molecule is CCN(CC)c1ccc(S(=O)(=O)N2CCOCC2)cc1NC(=O)CSc1nnc(C)s1. The van der Waals surface area contributed by atoms with E-state index in [1.54, 1.807) is 18.2 Å². The van der Waals surface area contributed by atoms with Gasteiger partial charge in [-0.1, -0.05) is 23.1 Å². The quantitative estimate of drug-likeness (QED) is 0.540. The van der Waals surface area contributed by atoms with Crippen molar-refractivity contribution in [1.82, 2.24) is 14.5 Å². The van der Waals surface area contributed by atoms with Crippen molar-refractivity contribution in [1.29, 1.82) is 0 Å². The first-order chi connectivity index (χ1) is 14.8. The highest BCUT2D eigenvalue weighted by molar-refractivity contribution is 8.01. The molecule has 2 aromatic rings. The number of morpholine rings is 1. The van der Waals surface area contributed by atoms with Gasteiger partial charge in [-0.3, -0.25) is 4.79 Å². The number of aromatic nitrogens is 2. The van der Waals surface area contributed by atoms with E-state index in [1.807, 2.05) is 20.8 Å². The Kier molecular flexibility index (Phi) is 8.28. The fourth-order valence-electron chi connectivity index (χ4n) is 3.20. The van der Waals surface area contributed by atoms with Gasteiger partial charge in [-0.15, -0.1) is 10.2 Å². The number of nitrogens with one attached hydrogen (secondary N) is 1. The van der Waals surface area contributed by atoms with Gasteiger partial charge >= 0.3 is 0 Å². The topological polar surface area (TPSA) is 105 Å². The predicted octanol–water partition coefficient (Wildman–Crippen LogP) is 2.44. The second-order valence-corrected chi connectivity index (χ2v) is 11.1. The number of carbonyl (C=O) groups is 1. The van der Waals surface area contributed by atoms with Crippen molar-refractivity contribution in [2.45, 2.75) is 30.0 Å². The van der Waals surface area contributed by atoms with Gasteiger partial charge in [0, 0.05) is 26.2 Å². The summed E-state index contributed by atoms with van der Waals surface area (Å²) >= 11 is 2.74. The van der Waals surface area contributed by atoms with Crippen LogP contribution in [0.15, 0.2) is 27.4 Å². The number of carbonyl (C=O) groups excluding carboxylic acids is 1. The van der Waals surface area contributed by atoms with Crippen molar-refractivity contribution in [3.05, 3.63) is 23.2 Å². The summed E-state index contributed by atoms with van der Waals surface area (Å²) in [6.07, 6.45) is 0. The molecule has 1 aromatic carbocycles. The Morgan fingerprint density at radius 1 is 1.26 bits per heavy atom. The molecular weight excluding hydrogens is 458 g/mol. The van der Waals surface area contributed by atoms with Crippen LogP contribution in [0.3, 0.4) is 0 Å². The van der Waals surface area contributed by atoms with Crippen LogP contribution in [0.5, 0.6) is 0 Å². The Morgan fingerprint density at radius 3 is 2.58 bits per heavy atom. The van der Waals surface area contributed by atoms with Gasteiger partial charge in [0.2, 0.25) is 15.9 Å². The number of hydrogen-bond acceptors (Lipinski definition) is 9. The number of thioether (sulfide) groups is 1. The van der Waals surface area contributed by atoms with Gasteiger partial charge in [0.1, 0.15) is 5.01 Å². The number of aryl methyl sites for hydroxylation is 1. The van der Waals surface area contributed by atoms with Crippen LogP contribution in [0, 0.1) is 6.92 Å². The van der Waals surface area contributed by atoms with E-state index in [0.717, 1.165) is 28.1 Å². The summed E-state index contributed by atoms with van der Waals surface area (Å²) < 4.78 is 33.6. The van der Waals surface area contributed by atoms with E-state index in [9.17, 15) is 13.2 Å². The molecule has 1 aromatic heterocycles. The van der Waals surface area contributed by atoms with Crippen LogP contribution in [0.4, 0.5) is 11.4 Å². The van der Waals surface area contributed by atoms with Gasteiger partial charge in [0.25, 0.3) is 0 Å². The molecule has 1 saturated heterocycles. The molecule has 0 radical (unpaired) electrons. The summed E-state index contributed by atoms with van der Waals surface area (Å²) in [5.74, 6) is -0.0700. The van der Waals surface area contributed by atoms with Gasteiger partial charge in [-0.2, -0.15) is 4.31 Å². The zero-order valence-corrected chi connectivity index (χ0v) is 20.3. The monoisotopic (exact) mass is 485 g/mol. The molecule has 1 amide bonds. The lowest BCUT2D eigenvalue weighted by molar-refractivity contribution is -0.113.